The lowest BCUT2D eigenvalue weighted by molar-refractivity contribution is -0.123. The molecule has 1 aliphatic rings. The first kappa shape index (κ1) is 13.9. The number of rotatable bonds is 5. The summed E-state index contributed by atoms with van der Waals surface area (Å²) in [6, 6.07) is 2.41. The summed E-state index contributed by atoms with van der Waals surface area (Å²) in [5, 5.41) is 11.6. The van der Waals surface area contributed by atoms with Gasteiger partial charge in [-0.1, -0.05) is 6.92 Å². The molecule has 0 bridgehead atoms. The van der Waals surface area contributed by atoms with Gasteiger partial charge in [0.25, 0.3) is 0 Å². The van der Waals surface area contributed by atoms with Crippen molar-refractivity contribution in [1.82, 2.24) is 15.1 Å². The summed E-state index contributed by atoms with van der Waals surface area (Å²) < 4.78 is 0. The third-order valence-corrected chi connectivity index (χ3v) is 3.15. The van der Waals surface area contributed by atoms with Gasteiger partial charge in [-0.3, -0.25) is 14.6 Å². The van der Waals surface area contributed by atoms with Crippen molar-refractivity contribution in [2.24, 2.45) is 0 Å². The van der Waals surface area contributed by atoms with Crippen LogP contribution in [-0.4, -0.2) is 61.0 Å². The van der Waals surface area contributed by atoms with Gasteiger partial charge in [-0.15, -0.1) is 0 Å². The molecule has 0 radical (unpaired) electrons. The number of hydrogen-bond donors (Lipinski definition) is 1. The van der Waals surface area contributed by atoms with E-state index in [1.807, 2.05) is 6.92 Å². The first-order valence-electron chi connectivity index (χ1n) is 6.26. The van der Waals surface area contributed by atoms with Crippen molar-refractivity contribution in [2.45, 2.75) is 26.3 Å². The molecule has 0 aromatic heterocycles. The Hall–Kier alpha value is -1.12. The van der Waals surface area contributed by atoms with Gasteiger partial charge in [0, 0.05) is 32.2 Å². The van der Waals surface area contributed by atoms with E-state index in [0.29, 0.717) is 13.1 Å². The number of amides is 1. The molecule has 1 atom stereocenters. The highest BCUT2D eigenvalue weighted by molar-refractivity contribution is 5.78. The summed E-state index contributed by atoms with van der Waals surface area (Å²) in [6.45, 7) is 8.55. The van der Waals surface area contributed by atoms with E-state index in [0.717, 1.165) is 32.6 Å². The summed E-state index contributed by atoms with van der Waals surface area (Å²) in [5.74, 6) is 0.105. The Morgan fingerprint density at radius 3 is 2.47 bits per heavy atom. The standard InChI is InChI=1S/C12H22N4O/c1-3-11(2)14-12(17)10-16-8-6-15(5-4-13)7-9-16/h11H,3,5-10H2,1-2H3,(H,14,17). The zero-order valence-corrected chi connectivity index (χ0v) is 10.8. The topological polar surface area (TPSA) is 59.4 Å². The highest BCUT2D eigenvalue weighted by Gasteiger charge is 2.18. The fraction of sp³-hybridized carbons (Fsp3) is 0.833. The van der Waals surface area contributed by atoms with Gasteiger partial charge in [0.05, 0.1) is 19.2 Å². The summed E-state index contributed by atoms with van der Waals surface area (Å²) in [7, 11) is 0. The van der Waals surface area contributed by atoms with Crippen molar-refractivity contribution in [3.63, 3.8) is 0 Å². The number of carbonyl (C=O) groups excluding carboxylic acids is 1. The van der Waals surface area contributed by atoms with Crippen molar-refractivity contribution in [1.29, 1.82) is 5.26 Å². The predicted molar refractivity (Wildman–Crippen MR) is 66.4 cm³/mol. The van der Waals surface area contributed by atoms with Crippen LogP contribution in [0.5, 0.6) is 0 Å². The molecule has 1 unspecified atom stereocenters. The van der Waals surface area contributed by atoms with Gasteiger partial charge in [0.2, 0.25) is 5.91 Å². The van der Waals surface area contributed by atoms with Crippen LogP contribution in [0.4, 0.5) is 0 Å². The quantitative estimate of drug-likeness (QED) is 0.687. The highest BCUT2D eigenvalue weighted by Crippen LogP contribution is 2.00. The largest absolute Gasteiger partial charge is 0.353 e. The average molecular weight is 238 g/mol. The van der Waals surface area contributed by atoms with Crippen molar-refractivity contribution >= 4 is 5.91 Å². The fourth-order valence-electron chi connectivity index (χ4n) is 1.83. The Bertz CT molecular complexity index is 279. The van der Waals surface area contributed by atoms with Gasteiger partial charge < -0.3 is 5.32 Å². The van der Waals surface area contributed by atoms with Crippen LogP contribution in [0.25, 0.3) is 0 Å². The van der Waals surface area contributed by atoms with Crippen molar-refractivity contribution in [3.8, 4) is 6.07 Å². The normalized spacial score (nSPS) is 19.6. The third-order valence-electron chi connectivity index (χ3n) is 3.15. The molecule has 0 aliphatic carbocycles. The van der Waals surface area contributed by atoms with Gasteiger partial charge in [0.15, 0.2) is 0 Å². The molecule has 0 aromatic carbocycles. The Kier molecular flexibility index (Phi) is 5.95. The molecule has 0 spiro atoms. The second-order valence-corrected chi connectivity index (χ2v) is 4.59. The zero-order valence-electron chi connectivity index (χ0n) is 10.8. The minimum absolute atomic E-state index is 0.105. The molecule has 1 saturated heterocycles. The minimum Gasteiger partial charge on any atom is -0.353 e. The molecular formula is C12H22N4O. The average Bonchev–Trinajstić information content (AvgIpc) is 2.31. The second kappa shape index (κ2) is 7.25. The monoisotopic (exact) mass is 238 g/mol. The van der Waals surface area contributed by atoms with Gasteiger partial charge in [-0.25, -0.2) is 0 Å². The fourth-order valence-corrected chi connectivity index (χ4v) is 1.83. The maximum Gasteiger partial charge on any atom is 0.234 e. The molecule has 1 heterocycles. The Morgan fingerprint density at radius 2 is 1.94 bits per heavy atom. The van der Waals surface area contributed by atoms with Crippen molar-refractivity contribution in [3.05, 3.63) is 0 Å². The molecule has 96 valence electrons. The maximum atomic E-state index is 11.7. The molecule has 1 amide bonds. The minimum atomic E-state index is 0.105. The van der Waals surface area contributed by atoms with E-state index >= 15 is 0 Å². The van der Waals surface area contributed by atoms with Gasteiger partial charge in [-0.05, 0) is 13.3 Å². The SMILES string of the molecule is CCC(C)NC(=O)CN1CCN(CC#N)CC1. The van der Waals surface area contributed by atoms with E-state index < -0.39 is 0 Å². The predicted octanol–water partition coefficient (Wildman–Crippen LogP) is 0.0423. The van der Waals surface area contributed by atoms with Crippen LogP contribution in [0, 0.1) is 11.3 Å². The summed E-state index contributed by atoms with van der Waals surface area (Å²) >= 11 is 0. The molecule has 0 aromatic rings. The number of piperazine rings is 1. The smallest absolute Gasteiger partial charge is 0.234 e. The zero-order chi connectivity index (χ0) is 12.7. The number of nitrogens with zero attached hydrogens (tertiary/aromatic N) is 3. The number of hydrogen-bond acceptors (Lipinski definition) is 4. The van der Waals surface area contributed by atoms with Gasteiger partial charge in [0.1, 0.15) is 0 Å². The summed E-state index contributed by atoms with van der Waals surface area (Å²) in [4.78, 5) is 15.9. The van der Waals surface area contributed by atoms with Crippen LogP contribution in [-0.2, 0) is 4.79 Å². The van der Waals surface area contributed by atoms with Crippen LogP contribution < -0.4 is 5.32 Å². The number of nitrogens with one attached hydrogen (secondary N) is 1. The lowest BCUT2D eigenvalue weighted by Gasteiger charge is -2.33. The molecule has 5 heteroatoms. The first-order chi connectivity index (χ1) is 8.15. The van der Waals surface area contributed by atoms with E-state index in [-0.39, 0.29) is 11.9 Å². The van der Waals surface area contributed by atoms with E-state index in [2.05, 4.69) is 28.1 Å². The summed E-state index contributed by atoms with van der Waals surface area (Å²) in [5.41, 5.74) is 0. The maximum absolute atomic E-state index is 11.7. The van der Waals surface area contributed by atoms with Crippen LogP contribution >= 0.6 is 0 Å². The van der Waals surface area contributed by atoms with Gasteiger partial charge >= 0.3 is 0 Å². The summed E-state index contributed by atoms with van der Waals surface area (Å²) in [6.07, 6.45) is 0.960. The molecule has 17 heavy (non-hydrogen) atoms. The Balaban J connectivity index is 2.22. The van der Waals surface area contributed by atoms with Crippen LogP contribution in [0.15, 0.2) is 0 Å². The lowest BCUT2D eigenvalue weighted by Crippen LogP contribution is -2.50. The molecule has 1 aliphatic heterocycles. The van der Waals surface area contributed by atoms with E-state index in [4.69, 9.17) is 5.26 Å². The van der Waals surface area contributed by atoms with E-state index in [9.17, 15) is 4.79 Å². The van der Waals surface area contributed by atoms with E-state index in [1.165, 1.54) is 0 Å². The molecule has 5 nitrogen and oxygen atoms in total. The lowest BCUT2D eigenvalue weighted by atomic mass is 10.2. The van der Waals surface area contributed by atoms with Crippen LogP contribution in [0.2, 0.25) is 0 Å². The highest BCUT2D eigenvalue weighted by atomic mass is 16.2. The molecule has 1 N–H and O–H groups in total. The van der Waals surface area contributed by atoms with E-state index in [1.54, 1.807) is 0 Å². The first-order valence-corrected chi connectivity index (χ1v) is 6.26. The second-order valence-electron chi connectivity index (χ2n) is 4.59. The Labute approximate surface area is 103 Å². The van der Waals surface area contributed by atoms with Gasteiger partial charge in [-0.2, -0.15) is 5.26 Å². The van der Waals surface area contributed by atoms with Crippen molar-refractivity contribution in [2.75, 3.05) is 39.3 Å². The van der Waals surface area contributed by atoms with Crippen LogP contribution in [0.1, 0.15) is 20.3 Å². The van der Waals surface area contributed by atoms with Crippen LogP contribution in [0.3, 0.4) is 0 Å². The molecule has 1 rings (SSSR count). The Morgan fingerprint density at radius 1 is 1.35 bits per heavy atom. The molecule has 0 saturated carbocycles. The number of nitriles is 1. The molecule has 1 fully saturated rings. The number of carbonyl (C=O) groups is 1. The van der Waals surface area contributed by atoms with Crippen molar-refractivity contribution < 1.29 is 4.79 Å². The molecular weight excluding hydrogens is 216 g/mol. The third kappa shape index (κ3) is 5.16.